The van der Waals surface area contributed by atoms with Crippen LogP contribution in [0.25, 0.3) is 21.3 Å². The topological polar surface area (TPSA) is 67.3 Å². The Bertz CT molecular complexity index is 1090. The lowest BCUT2D eigenvalue weighted by atomic mass is 10.0. The van der Waals surface area contributed by atoms with E-state index in [1.807, 2.05) is 31.2 Å². The molecule has 0 aliphatic carbocycles. The molecular formula is C21H19N3O2S. The number of hydrogen-bond donors (Lipinski definition) is 2. The molecule has 6 heteroatoms. The van der Waals surface area contributed by atoms with E-state index in [2.05, 4.69) is 34.3 Å². The fourth-order valence-electron chi connectivity index (χ4n) is 3.08. The Labute approximate surface area is 161 Å². The Morgan fingerprint density at radius 1 is 1.07 bits per heavy atom. The number of aromatic nitrogens is 2. The van der Waals surface area contributed by atoms with Crippen LogP contribution in [-0.2, 0) is 0 Å². The second-order valence-electron chi connectivity index (χ2n) is 6.04. The summed E-state index contributed by atoms with van der Waals surface area (Å²) in [5.74, 6) is 1.70. The molecule has 2 aromatic carbocycles. The molecule has 5 nitrogen and oxygen atoms in total. The van der Waals surface area contributed by atoms with E-state index < -0.39 is 0 Å². The van der Waals surface area contributed by atoms with Crippen molar-refractivity contribution in [2.75, 3.05) is 11.9 Å². The molecule has 0 unspecified atom stereocenters. The molecule has 2 aromatic heterocycles. The van der Waals surface area contributed by atoms with Gasteiger partial charge in [-0.05, 0) is 43.7 Å². The molecular weight excluding hydrogens is 358 g/mol. The van der Waals surface area contributed by atoms with Gasteiger partial charge in [-0.2, -0.15) is 0 Å². The lowest BCUT2D eigenvalue weighted by Gasteiger charge is -2.10. The van der Waals surface area contributed by atoms with Gasteiger partial charge in [-0.25, -0.2) is 9.97 Å². The SMILES string of the molecule is CCOc1ccc(-c2c(C)sc3ncnc(Nc4ccccc4O)c23)cc1. The minimum absolute atomic E-state index is 0.179. The van der Waals surface area contributed by atoms with Crippen LogP contribution >= 0.6 is 11.3 Å². The van der Waals surface area contributed by atoms with E-state index in [-0.39, 0.29) is 5.75 Å². The van der Waals surface area contributed by atoms with Crippen LogP contribution in [0.2, 0.25) is 0 Å². The Kier molecular flexibility index (Phi) is 4.64. The number of benzene rings is 2. The maximum absolute atomic E-state index is 10.1. The number of aromatic hydroxyl groups is 1. The van der Waals surface area contributed by atoms with Crippen LogP contribution in [0.5, 0.6) is 11.5 Å². The third kappa shape index (κ3) is 3.31. The van der Waals surface area contributed by atoms with Gasteiger partial charge in [0, 0.05) is 10.4 Å². The average molecular weight is 377 g/mol. The first kappa shape index (κ1) is 17.3. The van der Waals surface area contributed by atoms with Crippen molar-refractivity contribution in [1.29, 1.82) is 0 Å². The first-order valence-electron chi connectivity index (χ1n) is 8.69. The molecule has 0 saturated heterocycles. The van der Waals surface area contributed by atoms with Gasteiger partial charge < -0.3 is 15.2 Å². The molecule has 4 aromatic rings. The van der Waals surface area contributed by atoms with Crippen molar-refractivity contribution in [2.24, 2.45) is 0 Å². The molecule has 4 rings (SSSR count). The van der Waals surface area contributed by atoms with Gasteiger partial charge in [0.1, 0.15) is 28.5 Å². The third-order valence-corrected chi connectivity index (χ3v) is 5.29. The van der Waals surface area contributed by atoms with Crippen LogP contribution in [0, 0.1) is 6.92 Å². The standard InChI is InChI=1S/C21H19N3O2S/c1-3-26-15-10-8-14(9-11-15)18-13(2)27-21-19(18)20(22-12-23-21)24-16-6-4-5-7-17(16)25/h4-12,25H,3H2,1-2H3,(H,22,23,24). The van der Waals surface area contributed by atoms with E-state index in [1.165, 1.54) is 0 Å². The summed E-state index contributed by atoms with van der Waals surface area (Å²) < 4.78 is 5.55. The second-order valence-corrected chi connectivity index (χ2v) is 7.24. The average Bonchev–Trinajstić information content (AvgIpc) is 3.01. The zero-order chi connectivity index (χ0) is 18.8. The van der Waals surface area contributed by atoms with Crippen LogP contribution in [0.3, 0.4) is 0 Å². The molecule has 0 bridgehead atoms. The molecule has 27 heavy (non-hydrogen) atoms. The van der Waals surface area contributed by atoms with Crippen LogP contribution in [0.1, 0.15) is 11.8 Å². The highest BCUT2D eigenvalue weighted by atomic mass is 32.1. The lowest BCUT2D eigenvalue weighted by Crippen LogP contribution is -1.96. The largest absolute Gasteiger partial charge is 0.506 e. The molecule has 0 spiro atoms. The lowest BCUT2D eigenvalue weighted by molar-refractivity contribution is 0.340. The number of thiophene rings is 1. The maximum Gasteiger partial charge on any atom is 0.143 e. The Balaban J connectivity index is 1.84. The van der Waals surface area contributed by atoms with E-state index in [1.54, 1.807) is 29.8 Å². The number of phenolic OH excluding ortho intramolecular Hbond substituents is 1. The third-order valence-electron chi connectivity index (χ3n) is 4.28. The summed E-state index contributed by atoms with van der Waals surface area (Å²) in [6, 6.07) is 15.2. The number of phenols is 1. The summed E-state index contributed by atoms with van der Waals surface area (Å²) in [6.07, 6.45) is 1.54. The summed E-state index contributed by atoms with van der Waals surface area (Å²) in [6.45, 7) is 4.70. The van der Waals surface area contributed by atoms with Crippen molar-refractivity contribution in [3.63, 3.8) is 0 Å². The van der Waals surface area contributed by atoms with Gasteiger partial charge in [0.2, 0.25) is 0 Å². The highest BCUT2D eigenvalue weighted by Crippen LogP contribution is 2.41. The Hall–Kier alpha value is -3.12. The quantitative estimate of drug-likeness (QED) is 0.449. The molecule has 136 valence electrons. The van der Waals surface area contributed by atoms with E-state index >= 15 is 0 Å². The second kappa shape index (κ2) is 7.25. The van der Waals surface area contributed by atoms with Crippen molar-refractivity contribution in [2.45, 2.75) is 13.8 Å². The van der Waals surface area contributed by atoms with Crippen molar-refractivity contribution in [3.8, 4) is 22.6 Å². The van der Waals surface area contributed by atoms with Gasteiger partial charge in [0.25, 0.3) is 0 Å². The predicted octanol–water partition coefficient (Wildman–Crippen LogP) is 5.51. The Morgan fingerprint density at radius 2 is 1.85 bits per heavy atom. The van der Waals surface area contributed by atoms with Gasteiger partial charge in [-0.3, -0.25) is 0 Å². The summed E-state index contributed by atoms with van der Waals surface area (Å²) in [7, 11) is 0. The summed E-state index contributed by atoms with van der Waals surface area (Å²) >= 11 is 1.63. The van der Waals surface area contributed by atoms with Gasteiger partial charge in [-0.1, -0.05) is 24.3 Å². The number of para-hydroxylation sites is 2. The number of aryl methyl sites for hydroxylation is 1. The molecule has 2 N–H and O–H groups in total. The van der Waals surface area contributed by atoms with Gasteiger partial charge in [0.05, 0.1) is 17.7 Å². The molecule has 0 saturated carbocycles. The zero-order valence-corrected chi connectivity index (χ0v) is 15.9. The van der Waals surface area contributed by atoms with Crippen LogP contribution in [-0.4, -0.2) is 21.7 Å². The van der Waals surface area contributed by atoms with E-state index in [4.69, 9.17) is 4.74 Å². The van der Waals surface area contributed by atoms with Gasteiger partial charge >= 0.3 is 0 Å². The number of nitrogens with zero attached hydrogens (tertiary/aromatic N) is 2. The number of anilines is 2. The highest BCUT2D eigenvalue weighted by molar-refractivity contribution is 7.19. The van der Waals surface area contributed by atoms with Crippen molar-refractivity contribution < 1.29 is 9.84 Å². The van der Waals surface area contributed by atoms with Crippen molar-refractivity contribution >= 4 is 33.1 Å². The highest BCUT2D eigenvalue weighted by Gasteiger charge is 2.17. The first-order chi connectivity index (χ1) is 13.2. The maximum atomic E-state index is 10.1. The summed E-state index contributed by atoms with van der Waals surface area (Å²) in [4.78, 5) is 10.9. The molecule has 2 heterocycles. The normalized spacial score (nSPS) is 10.9. The minimum atomic E-state index is 0.179. The van der Waals surface area contributed by atoms with Crippen LogP contribution < -0.4 is 10.1 Å². The van der Waals surface area contributed by atoms with Crippen molar-refractivity contribution in [3.05, 3.63) is 59.7 Å². The predicted molar refractivity (Wildman–Crippen MR) is 110 cm³/mol. The molecule has 0 amide bonds. The van der Waals surface area contributed by atoms with Crippen molar-refractivity contribution in [1.82, 2.24) is 9.97 Å². The number of hydrogen-bond acceptors (Lipinski definition) is 6. The summed E-state index contributed by atoms with van der Waals surface area (Å²) in [5.41, 5.74) is 2.79. The zero-order valence-electron chi connectivity index (χ0n) is 15.1. The minimum Gasteiger partial charge on any atom is -0.506 e. The Morgan fingerprint density at radius 3 is 2.59 bits per heavy atom. The van der Waals surface area contributed by atoms with Gasteiger partial charge in [0.15, 0.2) is 0 Å². The molecule has 0 atom stereocenters. The smallest absolute Gasteiger partial charge is 0.143 e. The number of nitrogens with one attached hydrogen (secondary N) is 1. The van der Waals surface area contributed by atoms with E-state index in [0.717, 1.165) is 32.0 Å². The fraction of sp³-hybridized carbons (Fsp3) is 0.143. The van der Waals surface area contributed by atoms with E-state index in [9.17, 15) is 5.11 Å². The monoisotopic (exact) mass is 377 g/mol. The first-order valence-corrected chi connectivity index (χ1v) is 9.51. The van der Waals surface area contributed by atoms with Crippen LogP contribution in [0.15, 0.2) is 54.9 Å². The molecule has 0 fully saturated rings. The van der Waals surface area contributed by atoms with E-state index in [0.29, 0.717) is 18.1 Å². The molecule has 0 aliphatic rings. The summed E-state index contributed by atoms with van der Waals surface area (Å²) in [5, 5.41) is 14.3. The van der Waals surface area contributed by atoms with Crippen LogP contribution in [0.4, 0.5) is 11.5 Å². The fourth-order valence-corrected chi connectivity index (χ4v) is 4.09. The molecule has 0 radical (unpaired) electrons. The molecule has 0 aliphatic heterocycles. The number of fused-ring (bicyclic) bond motifs is 1. The number of rotatable bonds is 5. The number of ether oxygens (including phenoxy) is 1. The van der Waals surface area contributed by atoms with Gasteiger partial charge in [-0.15, -0.1) is 11.3 Å².